The van der Waals surface area contributed by atoms with Gasteiger partial charge in [-0.05, 0) is 48.9 Å². The molecule has 0 spiro atoms. The Morgan fingerprint density at radius 1 is 1.21 bits per heavy atom. The van der Waals surface area contributed by atoms with Gasteiger partial charge in [0.05, 0.1) is 5.56 Å². The zero-order chi connectivity index (χ0) is 20.4. The number of rotatable bonds is 5. The second-order valence-corrected chi connectivity index (χ2v) is 7.96. The molecule has 0 aliphatic rings. The number of aryl methyl sites for hydroxylation is 1. The highest BCUT2D eigenvalue weighted by atomic mass is 35.5. The van der Waals surface area contributed by atoms with Crippen molar-refractivity contribution in [3.8, 4) is 11.3 Å². The number of furan rings is 1. The molecule has 0 saturated carbocycles. The van der Waals surface area contributed by atoms with Crippen LogP contribution < -0.4 is 5.32 Å². The number of anilines is 1. The average Bonchev–Trinajstić information content (AvgIpc) is 3.30. The summed E-state index contributed by atoms with van der Waals surface area (Å²) in [5, 5.41) is 4.01. The van der Waals surface area contributed by atoms with Gasteiger partial charge in [-0.3, -0.25) is 10.1 Å². The highest BCUT2D eigenvalue weighted by Gasteiger charge is 2.17. The van der Waals surface area contributed by atoms with Gasteiger partial charge in [-0.1, -0.05) is 29.8 Å². The molecule has 0 bridgehead atoms. The molecule has 0 atom stereocenters. The molecule has 4 rings (SSSR count). The van der Waals surface area contributed by atoms with Crippen LogP contribution >= 0.6 is 22.9 Å². The van der Waals surface area contributed by atoms with Crippen molar-refractivity contribution in [3.05, 3.63) is 93.4 Å². The first kappa shape index (κ1) is 19.4. The third-order valence-corrected chi connectivity index (χ3v) is 5.67. The van der Waals surface area contributed by atoms with Crippen LogP contribution in [0.25, 0.3) is 11.3 Å². The summed E-state index contributed by atoms with van der Waals surface area (Å²) in [4.78, 5) is 17.9. The molecule has 2 aromatic carbocycles. The number of hydrogen-bond donors (Lipinski definition) is 1. The lowest BCUT2D eigenvalue weighted by molar-refractivity contribution is 0.102. The molecule has 4 aromatic rings. The maximum absolute atomic E-state index is 13.1. The molecule has 0 saturated heterocycles. The Kier molecular flexibility index (Phi) is 5.47. The van der Waals surface area contributed by atoms with Crippen molar-refractivity contribution in [2.75, 3.05) is 5.32 Å². The Morgan fingerprint density at radius 2 is 1.97 bits per heavy atom. The summed E-state index contributed by atoms with van der Waals surface area (Å²) in [6, 6.07) is 15.2. The molecular weight excluding hydrogens is 411 g/mol. The van der Waals surface area contributed by atoms with E-state index in [0.717, 1.165) is 10.4 Å². The number of hydrogen-bond acceptors (Lipinski definition) is 4. The van der Waals surface area contributed by atoms with Crippen molar-refractivity contribution >= 4 is 34.0 Å². The summed E-state index contributed by atoms with van der Waals surface area (Å²) in [6.45, 7) is 1.71. The second kappa shape index (κ2) is 8.19. The standard InChI is InChI=1S/C22H16ClFN2O2S/c1-13-18(11-20(28-13)14-6-8-16(24)9-7-14)21(27)26-22-25-12-17(29-22)10-15-4-2-3-5-19(15)23/h2-9,11-12H,10H2,1H3,(H,25,26,27). The van der Waals surface area contributed by atoms with E-state index < -0.39 is 0 Å². The molecule has 0 aliphatic heterocycles. The van der Waals surface area contributed by atoms with Crippen molar-refractivity contribution in [2.24, 2.45) is 0 Å². The van der Waals surface area contributed by atoms with Crippen LogP contribution in [-0.4, -0.2) is 10.9 Å². The Bertz CT molecular complexity index is 1170. The van der Waals surface area contributed by atoms with Gasteiger partial charge < -0.3 is 4.42 Å². The van der Waals surface area contributed by atoms with Gasteiger partial charge in [0.1, 0.15) is 17.3 Å². The summed E-state index contributed by atoms with van der Waals surface area (Å²) < 4.78 is 18.8. The quantitative estimate of drug-likeness (QED) is 0.404. The fourth-order valence-corrected chi connectivity index (χ4v) is 3.94. The molecule has 1 amide bonds. The number of carbonyl (C=O) groups excluding carboxylic acids is 1. The van der Waals surface area contributed by atoms with E-state index >= 15 is 0 Å². The van der Waals surface area contributed by atoms with Gasteiger partial charge in [-0.15, -0.1) is 11.3 Å². The lowest BCUT2D eigenvalue weighted by atomic mass is 10.1. The van der Waals surface area contributed by atoms with Crippen molar-refractivity contribution in [1.82, 2.24) is 4.98 Å². The van der Waals surface area contributed by atoms with Crippen LogP contribution in [0.1, 0.15) is 26.6 Å². The molecule has 1 N–H and O–H groups in total. The fraction of sp³-hybridized carbons (Fsp3) is 0.0909. The monoisotopic (exact) mass is 426 g/mol. The molecule has 29 heavy (non-hydrogen) atoms. The Balaban J connectivity index is 1.48. The number of carbonyl (C=O) groups is 1. The highest BCUT2D eigenvalue weighted by Crippen LogP contribution is 2.28. The van der Waals surface area contributed by atoms with Gasteiger partial charge in [0.2, 0.25) is 0 Å². The molecular formula is C22H16ClFN2O2S. The van der Waals surface area contributed by atoms with E-state index in [4.69, 9.17) is 16.0 Å². The first-order chi connectivity index (χ1) is 14.0. The van der Waals surface area contributed by atoms with Gasteiger partial charge in [-0.25, -0.2) is 9.37 Å². The van der Waals surface area contributed by atoms with E-state index in [2.05, 4.69) is 10.3 Å². The summed E-state index contributed by atoms with van der Waals surface area (Å²) in [6.07, 6.45) is 2.38. The van der Waals surface area contributed by atoms with Crippen LogP contribution in [0.4, 0.5) is 9.52 Å². The summed E-state index contributed by atoms with van der Waals surface area (Å²) in [5.41, 5.74) is 2.11. The molecule has 0 aliphatic carbocycles. The first-order valence-corrected chi connectivity index (χ1v) is 10.0. The predicted molar refractivity (Wildman–Crippen MR) is 113 cm³/mol. The highest BCUT2D eigenvalue weighted by molar-refractivity contribution is 7.15. The third kappa shape index (κ3) is 4.39. The van der Waals surface area contributed by atoms with E-state index in [9.17, 15) is 9.18 Å². The first-order valence-electron chi connectivity index (χ1n) is 8.85. The number of thiazole rings is 1. The summed E-state index contributed by atoms with van der Waals surface area (Å²) in [7, 11) is 0. The smallest absolute Gasteiger partial charge is 0.261 e. The molecule has 7 heteroatoms. The molecule has 0 fully saturated rings. The van der Waals surface area contributed by atoms with Gasteiger partial charge in [0.15, 0.2) is 5.13 Å². The van der Waals surface area contributed by atoms with Crippen LogP contribution in [0.3, 0.4) is 0 Å². The Hall–Kier alpha value is -2.96. The van der Waals surface area contributed by atoms with Gasteiger partial charge in [0.25, 0.3) is 5.91 Å². The molecule has 0 unspecified atom stereocenters. The van der Waals surface area contributed by atoms with Crippen molar-refractivity contribution < 1.29 is 13.6 Å². The number of halogens is 2. The SMILES string of the molecule is Cc1oc(-c2ccc(F)cc2)cc1C(=O)Nc1ncc(Cc2ccccc2Cl)s1. The van der Waals surface area contributed by atoms with E-state index in [1.807, 2.05) is 24.3 Å². The van der Waals surface area contributed by atoms with E-state index in [1.165, 1.54) is 23.5 Å². The van der Waals surface area contributed by atoms with E-state index in [1.54, 1.807) is 31.3 Å². The lowest BCUT2D eigenvalue weighted by Gasteiger charge is -2.01. The topological polar surface area (TPSA) is 55.1 Å². The Morgan fingerprint density at radius 3 is 2.72 bits per heavy atom. The minimum atomic E-state index is -0.327. The molecule has 0 radical (unpaired) electrons. The maximum Gasteiger partial charge on any atom is 0.261 e. The van der Waals surface area contributed by atoms with Crippen LogP contribution in [-0.2, 0) is 6.42 Å². The van der Waals surface area contributed by atoms with Crippen LogP contribution in [0.5, 0.6) is 0 Å². The minimum absolute atomic E-state index is 0.307. The maximum atomic E-state index is 13.1. The second-order valence-electron chi connectivity index (χ2n) is 6.44. The molecule has 2 aromatic heterocycles. The minimum Gasteiger partial charge on any atom is -0.461 e. The largest absolute Gasteiger partial charge is 0.461 e. The van der Waals surface area contributed by atoms with Gasteiger partial charge in [0, 0.05) is 28.1 Å². The fourth-order valence-electron chi connectivity index (χ4n) is 2.90. The normalized spacial score (nSPS) is 10.9. The predicted octanol–water partition coefficient (Wildman–Crippen LogP) is 6.35. The third-order valence-electron chi connectivity index (χ3n) is 4.39. The van der Waals surface area contributed by atoms with Gasteiger partial charge >= 0.3 is 0 Å². The van der Waals surface area contributed by atoms with Crippen LogP contribution in [0.2, 0.25) is 5.02 Å². The van der Waals surface area contributed by atoms with Crippen LogP contribution in [0.15, 0.2) is 65.2 Å². The van der Waals surface area contributed by atoms with Crippen molar-refractivity contribution in [3.63, 3.8) is 0 Å². The van der Waals surface area contributed by atoms with Gasteiger partial charge in [-0.2, -0.15) is 0 Å². The zero-order valence-corrected chi connectivity index (χ0v) is 17.0. The van der Waals surface area contributed by atoms with Crippen LogP contribution in [0, 0.1) is 12.7 Å². The van der Waals surface area contributed by atoms with Crippen molar-refractivity contribution in [2.45, 2.75) is 13.3 Å². The average molecular weight is 427 g/mol. The van der Waals surface area contributed by atoms with E-state index in [0.29, 0.717) is 39.2 Å². The lowest BCUT2D eigenvalue weighted by Crippen LogP contribution is -2.11. The molecule has 2 heterocycles. The van der Waals surface area contributed by atoms with Crippen molar-refractivity contribution in [1.29, 1.82) is 0 Å². The summed E-state index contributed by atoms with van der Waals surface area (Å²) >= 11 is 7.60. The number of aromatic nitrogens is 1. The molecule has 4 nitrogen and oxygen atoms in total. The summed E-state index contributed by atoms with van der Waals surface area (Å²) in [5.74, 6) is 0.352. The molecule has 146 valence electrons. The number of nitrogens with zero attached hydrogens (tertiary/aromatic N) is 1. The number of nitrogens with one attached hydrogen (secondary N) is 1. The zero-order valence-electron chi connectivity index (χ0n) is 15.4. The Labute approximate surface area is 176 Å². The number of benzene rings is 2. The number of amides is 1. The van der Waals surface area contributed by atoms with E-state index in [-0.39, 0.29) is 11.7 Å².